The van der Waals surface area contributed by atoms with Gasteiger partial charge >= 0.3 is 11.9 Å². The fourth-order valence-corrected chi connectivity index (χ4v) is 13.6. The van der Waals surface area contributed by atoms with Gasteiger partial charge in [0.1, 0.15) is 42.7 Å². The van der Waals surface area contributed by atoms with E-state index in [1.165, 1.54) is 5.57 Å². The summed E-state index contributed by atoms with van der Waals surface area (Å²) in [4.78, 5) is 24.7. The Bertz CT molecular complexity index is 1590. The van der Waals surface area contributed by atoms with E-state index in [0.29, 0.717) is 25.7 Å². The first-order chi connectivity index (χ1) is 26.5. The maximum absolute atomic E-state index is 12.5. The number of ether oxygens (including phenoxy) is 4. The average Bonchev–Trinajstić information content (AvgIpc) is 3.16. The molecule has 6 fully saturated rings. The largest absolute Gasteiger partial charge is 0.481 e. The predicted molar refractivity (Wildman–Crippen MR) is 200 cm³/mol. The number of allylic oxidation sites excluding steroid dienone is 2. The van der Waals surface area contributed by atoms with Crippen molar-refractivity contribution in [2.24, 2.45) is 50.2 Å². The molecule has 2 heterocycles. The van der Waals surface area contributed by atoms with Crippen LogP contribution in [0.15, 0.2) is 11.6 Å². The fourth-order valence-electron chi connectivity index (χ4n) is 13.6. The summed E-state index contributed by atoms with van der Waals surface area (Å²) in [6, 6.07) is 0. The summed E-state index contributed by atoms with van der Waals surface area (Å²) in [5.74, 6) is -1.90. The number of aliphatic hydroxyl groups is 7. The summed E-state index contributed by atoms with van der Waals surface area (Å²) < 4.78 is 23.8. The molecule has 0 amide bonds. The second kappa shape index (κ2) is 14.7. The zero-order valence-electron chi connectivity index (χ0n) is 34.1. The number of hydrogen-bond acceptors (Lipinski definition) is 13. The SMILES string of the molecule is CC1(C(=O)O)CCC2(C)CCC3(C)C(=CCC4C5(C)CCC(OC6OC(C(=O)O)C(O)C(O)C6OC6OC(CO)C(O)C(O)C6O)C(C)(CO)C5CCC43C)C2C1. The monoisotopic (exact) mass is 810 g/mol. The molecule has 4 saturated carbocycles. The van der Waals surface area contributed by atoms with Gasteiger partial charge in [-0.15, -0.1) is 0 Å². The lowest BCUT2D eigenvalue weighted by Gasteiger charge is -2.71. The smallest absolute Gasteiger partial charge is 0.335 e. The molecule has 7 rings (SSSR count). The maximum Gasteiger partial charge on any atom is 0.335 e. The third-order valence-corrected chi connectivity index (χ3v) is 17.7. The van der Waals surface area contributed by atoms with Crippen molar-refractivity contribution in [3.63, 3.8) is 0 Å². The highest BCUT2D eigenvalue weighted by atomic mass is 16.8. The van der Waals surface area contributed by atoms with Gasteiger partial charge in [-0.2, -0.15) is 0 Å². The summed E-state index contributed by atoms with van der Waals surface area (Å²) in [6.45, 7) is 12.4. The van der Waals surface area contributed by atoms with E-state index in [1.54, 1.807) is 0 Å². The number of carboxylic acid groups (broad SMARTS) is 2. The van der Waals surface area contributed by atoms with Gasteiger partial charge in [0, 0.05) is 5.41 Å². The first-order valence-corrected chi connectivity index (χ1v) is 21.0. The molecule has 0 aromatic rings. The molecule has 324 valence electrons. The molecule has 15 nitrogen and oxygen atoms in total. The predicted octanol–water partition coefficient (Wildman–Crippen LogP) is 1.95. The fraction of sp³-hybridized carbons (Fsp3) is 0.905. The Morgan fingerprint density at radius 3 is 2.07 bits per heavy atom. The minimum atomic E-state index is -1.98. The zero-order valence-corrected chi connectivity index (χ0v) is 34.1. The van der Waals surface area contributed by atoms with Crippen LogP contribution in [0.3, 0.4) is 0 Å². The molecule has 20 unspecified atom stereocenters. The van der Waals surface area contributed by atoms with E-state index in [9.17, 15) is 55.5 Å². The molecule has 57 heavy (non-hydrogen) atoms. The molecule has 0 aromatic carbocycles. The second-order valence-corrected chi connectivity index (χ2v) is 20.4. The Kier molecular flexibility index (Phi) is 11.2. The van der Waals surface area contributed by atoms with Gasteiger partial charge in [-0.05, 0) is 111 Å². The highest BCUT2D eigenvalue weighted by Crippen LogP contribution is 2.76. The van der Waals surface area contributed by atoms with Crippen molar-refractivity contribution in [1.82, 2.24) is 0 Å². The number of fused-ring (bicyclic) bond motifs is 7. The van der Waals surface area contributed by atoms with E-state index in [-0.39, 0.29) is 46.0 Å². The van der Waals surface area contributed by atoms with Crippen LogP contribution in [0.2, 0.25) is 0 Å². The number of rotatable bonds is 8. The van der Waals surface area contributed by atoms with Gasteiger partial charge in [0.05, 0.1) is 24.7 Å². The summed E-state index contributed by atoms with van der Waals surface area (Å²) in [7, 11) is 0. The molecule has 0 bridgehead atoms. The molecule has 7 aliphatic rings. The molecule has 0 radical (unpaired) electrons. The normalized spacial score (nSPS) is 55.0. The van der Waals surface area contributed by atoms with E-state index in [0.717, 1.165) is 38.5 Å². The van der Waals surface area contributed by atoms with E-state index >= 15 is 0 Å². The van der Waals surface area contributed by atoms with Gasteiger partial charge < -0.3 is 64.9 Å². The van der Waals surface area contributed by atoms with E-state index < -0.39 is 96.9 Å². The van der Waals surface area contributed by atoms with E-state index in [1.807, 2.05) is 13.8 Å². The lowest BCUT2D eigenvalue weighted by Crippen LogP contribution is -2.67. The average molecular weight is 811 g/mol. The van der Waals surface area contributed by atoms with Crippen LogP contribution in [0.1, 0.15) is 106 Å². The molecule has 9 N–H and O–H groups in total. The summed E-state index contributed by atoms with van der Waals surface area (Å²) >= 11 is 0. The molecule has 20 atom stereocenters. The van der Waals surface area contributed by atoms with Crippen molar-refractivity contribution in [3.8, 4) is 0 Å². The molecular formula is C42H66O15. The molecule has 15 heteroatoms. The van der Waals surface area contributed by atoms with Crippen molar-refractivity contribution in [3.05, 3.63) is 11.6 Å². The molecule has 0 spiro atoms. The number of carbonyl (C=O) groups is 2. The number of aliphatic carboxylic acids is 2. The number of aliphatic hydroxyl groups excluding tert-OH is 7. The van der Waals surface area contributed by atoms with Crippen molar-refractivity contribution in [2.45, 2.75) is 173 Å². The number of carboxylic acids is 2. The van der Waals surface area contributed by atoms with Gasteiger partial charge in [-0.1, -0.05) is 46.3 Å². The van der Waals surface area contributed by atoms with Crippen LogP contribution in [0.4, 0.5) is 0 Å². The maximum atomic E-state index is 12.5. The van der Waals surface area contributed by atoms with Crippen molar-refractivity contribution in [1.29, 1.82) is 0 Å². The van der Waals surface area contributed by atoms with Crippen LogP contribution in [-0.4, -0.2) is 139 Å². The van der Waals surface area contributed by atoms with Crippen LogP contribution in [0.5, 0.6) is 0 Å². The quantitative estimate of drug-likeness (QED) is 0.126. The molecule has 5 aliphatic carbocycles. The van der Waals surface area contributed by atoms with Gasteiger partial charge in [0.15, 0.2) is 18.7 Å². The van der Waals surface area contributed by atoms with Gasteiger partial charge in [0.25, 0.3) is 0 Å². The van der Waals surface area contributed by atoms with Crippen molar-refractivity contribution in [2.75, 3.05) is 13.2 Å². The minimum Gasteiger partial charge on any atom is -0.481 e. The Morgan fingerprint density at radius 1 is 0.754 bits per heavy atom. The van der Waals surface area contributed by atoms with Crippen LogP contribution in [0.25, 0.3) is 0 Å². The topological polar surface area (TPSA) is 253 Å². The standard InChI is InChI=1S/C42H66O15/c1-37-13-14-38(2,36(52)53)17-21(37)20-7-8-24-39(3)11-10-25(40(4,19-44)23(39)9-12-42(24,6)41(20,5)16-15-37)55-35-32(29(48)28(47)31(56-35)33(50)51)57-34-30(49)27(46)26(45)22(18-43)54-34/h7,21-32,34-35,43-49H,8-19H2,1-6H3,(H,50,51)(H,52,53). The third kappa shape index (κ3) is 6.39. The second-order valence-electron chi connectivity index (χ2n) is 20.4. The Labute approximate surface area is 334 Å². The van der Waals surface area contributed by atoms with Crippen LogP contribution < -0.4 is 0 Å². The first kappa shape index (κ1) is 43.3. The third-order valence-electron chi connectivity index (χ3n) is 17.7. The molecular weight excluding hydrogens is 744 g/mol. The van der Waals surface area contributed by atoms with Crippen LogP contribution >= 0.6 is 0 Å². The molecule has 2 aliphatic heterocycles. The van der Waals surface area contributed by atoms with Gasteiger partial charge in [-0.25, -0.2) is 4.79 Å². The lowest BCUT2D eigenvalue weighted by molar-refractivity contribution is -0.375. The summed E-state index contributed by atoms with van der Waals surface area (Å²) in [6.07, 6.45) is -7.93. The molecule has 2 saturated heterocycles. The van der Waals surface area contributed by atoms with E-state index in [2.05, 4.69) is 33.8 Å². The van der Waals surface area contributed by atoms with Crippen molar-refractivity contribution < 1.29 is 74.5 Å². The van der Waals surface area contributed by atoms with Gasteiger partial charge in [-0.3, -0.25) is 4.79 Å². The highest BCUT2D eigenvalue weighted by molar-refractivity contribution is 5.74. The van der Waals surface area contributed by atoms with Crippen LogP contribution in [0, 0.1) is 50.2 Å². The summed E-state index contributed by atoms with van der Waals surface area (Å²) in [5.41, 5.74) is -0.640. The number of hydrogen-bond donors (Lipinski definition) is 9. The Balaban J connectivity index is 1.17. The lowest BCUT2D eigenvalue weighted by atomic mass is 9.33. The Hall–Kier alpha value is -1.76. The Morgan fingerprint density at radius 2 is 1.44 bits per heavy atom. The van der Waals surface area contributed by atoms with Gasteiger partial charge in [0.2, 0.25) is 0 Å². The van der Waals surface area contributed by atoms with Crippen molar-refractivity contribution >= 4 is 11.9 Å². The minimum absolute atomic E-state index is 0.0524. The van der Waals surface area contributed by atoms with Crippen LogP contribution in [-0.2, 0) is 28.5 Å². The summed E-state index contributed by atoms with van der Waals surface area (Å²) in [5, 5.41) is 94.7. The van der Waals surface area contributed by atoms with E-state index in [4.69, 9.17) is 18.9 Å². The first-order valence-electron chi connectivity index (χ1n) is 21.0. The molecule has 0 aromatic heterocycles. The zero-order chi connectivity index (χ0) is 41.8. The highest BCUT2D eigenvalue weighted by Gasteiger charge is 2.69.